The molecule has 0 radical (unpaired) electrons. The van der Waals surface area contributed by atoms with E-state index in [1.54, 1.807) is 0 Å². The number of aryl methyl sites for hydroxylation is 2. The standard InChI is InChI=1S/C15H20N6O3S/c1-9-12(25-10(2)17-9)13(22)16-8-11-18-14(20-15(19-11)23-3)21-4-6-24-7-5-21/h4-8H2,1-3H3,(H,16,22). The molecule has 3 heterocycles. The summed E-state index contributed by atoms with van der Waals surface area (Å²) in [5.41, 5.74) is 0.724. The van der Waals surface area contributed by atoms with Crippen LogP contribution in [0.2, 0.25) is 0 Å². The van der Waals surface area contributed by atoms with Crippen LogP contribution in [0, 0.1) is 13.8 Å². The van der Waals surface area contributed by atoms with E-state index in [1.165, 1.54) is 18.4 Å². The molecule has 2 aromatic rings. The minimum absolute atomic E-state index is 0.185. The summed E-state index contributed by atoms with van der Waals surface area (Å²) in [7, 11) is 1.50. The predicted octanol–water partition coefficient (Wildman–Crippen LogP) is 0.720. The second-order valence-corrected chi connectivity index (χ2v) is 6.67. The number of carbonyl (C=O) groups excluding carboxylic acids is 1. The Morgan fingerprint density at radius 3 is 2.64 bits per heavy atom. The van der Waals surface area contributed by atoms with Gasteiger partial charge in [-0.25, -0.2) is 4.98 Å². The maximum atomic E-state index is 12.3. The van der Waals surface area contributed by atoms with Crippen molar-refractivity contribution in [2.75, 3.05) is 38.3 Å². The smallest absolute Gasteiger partial charge is 0.321 e. The van der Waals surface area contributed by atoms with E-state index in [9.17, 15) is 4.79 Å². The van der Waals surface area contributed by atoms with E-state index in [1.807, 2.05) is 18.7 Å². The molecule has 0 saturated carbocycles. The maximum absolute atomic E-state index is 12.3. The molecular weight excluding hydrogens is 344 g/mol. The molecule has 1 aliphatic rings. The lowest BCUT2D eigenvalue weighted by molar-refractivity contribution is 0.0953. The van der Waals surface area contributed by atoms with Crippen molar-refractivity contribution >= 4 is 23.2 Å². The Morgan fingerprint density at radius 1 is 1.24 bits per heavy atom. The third kappa shape index (κ3) is 4.20. The van der Waals surface area contributed by atoms with E-state index in [2.05, 4.69) is 25.3 Å². The zero-order valence-electron chi connectivity index (χ0n) is 14.4. The highest BCUT2D eigenvalue weighted by molar-refractivity contribution is 7.13. The number of anilines is 1. The highest BCUT2D eigenvalue weighted by Crippen LogP contribution is 2.17. The molecule has 0 aliphatic carbocycles. The predicted molar refractivity (Wildman–Crippen MR) is 92.2 cm³/mol. The number of morpholine rings is 1. The van der Waals surface area contributed by atoms with Gasteiger partial charge in [0.1, 0.15) is 4.88 Å². The van der Waals surface area contributed by atoms with E-state index in [4.69, 9.17) is 9.47 Å². The number of amides is 1. The molecule has 1 aliphatic heterocycles. The van der Waals surface area contributed by atoms with Gasteiger partial charge in [0.2, 0.25) is 5.95 Å². The van der Waals surface area contributed by atoms with Crippen molar-refractivity contribution in [3.8, 4) is 6.01 Å². The zero-order chi connectivity index (χ0) is 17.8. The van der Waals surface area contributed by atoms with E-state index in [0.717, 1.165) is 10.7 Å². The summed E-state index contributed by atoms with van der Waals surface area (Å²) >= 11 is 1.37. The number of nitrogens with one attached hydrogen (secondary N) is 1. The highest BCUT2D eigenvalue weighted by atomic mass is 32.1. The van der Waals surface area contributed by atoms with Crippen LogP contribution in [0.25, 0.3) is 0 Å². The van der Waals surface area contributed by atoms with Crippen molar-refractivity contribution in [3.63, 3.8) is 0 Å². The Hall–Kier alpha value is -2.33. The Bertz CT molecular complexity index is 760. The molecule has 1 fully saturated rings. The second kappa shape index (κ2) is 7.70. The molecule has 1 amide bonds. The molecule has 0 unspecified atom stereocenters. The quantitative estimate of drug-likeness (QED) is 0.828. The molecule has 0 spiro atoms. The van der Waals surface area contributed by atoms with Gasteiger partial charge in [-0.3, -0.25) is 4.79 Å². The molecular formula is C15H20N6O3S. The van der Waals surface area contributed by atoms with Crippen LogP contribution in [0.4, 0.5) is 5.95 Å². The number of hydrogen-bond acceptors (Lipinski definition) is 9. The van der Waals surface area contributed by atoms with Gasteiger partial charge in [-0.05, 0) is 13.8 Å². The van der Waals surface area contributed by atoms with E-state index < -0.39 is 0 Å². The second-order valence-electron chi connectivity index (χ2n) is 5.47. The number of methoxy groups -OCH3 is 1. The monoisotopic (exact) mass is 364 g/mol. The summed E-state index contributed by atoms with van der Waals surface area (Å²) in [5.74, 6) is 0.792. The lowest BCUT2D eigenvalue weighted by Gasteiger charge is -2.26. The average molecular weight is 364 g/mol. The minimum atomic E-state index is -0.185. The zero-order valence-corrected chi connectivity index (χ0v) is 15.2. The molecule has 0 atom stereocenters. The molecule has 3 rings (SSSR count). The molecule has 134 valence electrons. The largest absolute Gasteiger partial charge is 0.467 e. The van der Waals surface area contributed by atoms with Crippen LogP contribution in [-0.2, 0) is 11.3 Å². The van der Waals surface area contributed by atoms with Crippen molar-refractivity contribution in [1.82, 2.24) is 25.3 Å². The lowest BCUT2D eigenvalue weighted by Crippen LogP contribution is -2.37. The van der Waals surface area contributed by atoms with Gasteiger partial charge in [0.05, 0.1) is 37.6 Å². The molecule has 0 aromatic carbocycles. The van der Waals surface area contributed by atoms with Crippen LogP contribution >= 0.6 is 11.3 Å². The maximum Gasteiger partial charge on any atom is 0.321 e. The van der Waals surface area contributed by atoms with Crippen LogP contribution in [-0.4, -0.2) is 59.3 Å². The van der Waals surface area contributed by atoms with Crippen LogP contribution in [0.1, 0.15) is 26.2 Å². The SMILES string of the molecule is COc1nc(CNC(=O)c2sc(C)nc2C)nc(N2CCOCC2)n1. The van der Waals surface area contributed by atoms with Gasteiger partial charge in [0.25, 0.3) is 5.91 Å². The minimum Gasteiger partial charge on any atom is -0.467 e. The van der Waals surface area contributed by atoms with E-state index in [0.29, 0.717) is 43.0 Å². The Balaban J connectivity index is 1.73. The van der Waals surface area contributed by atoms with Crippen LogP contribution in [0.3, 0.4) is 0 Å². The number of carbonyl (C=O) groups is 1. The molecule has 9 nitrogen and oxygen atoms in total. The lowest BCUT2D eigenvalue weighted by atomic mass is 10.3. The third-order valence-corrected chi connectivity index (χ3v) is 4.71. The number of thiazole rings is 1. The van der Waals surface area contributed by atoms with Gasteiger partial charge in [0.15, 0.2) is 5.82 Å². The van der Waals surface area contributed by atoms with Crippen molar-refractivity contribution in [2.24, 2.45) is 0 Å². The third-order valence-electron chi connectivity index (χ3n) is 3.64. The average Bonchev–Trinajstić information content (AvgIpc) is 2.98. The van der Waals surface area contributed by atoms with Crippen LogP contribution < -0.4 is 15.0 Å². The van der Waals surface area contributed by atoms with Gasteiger partial charge >= 0.3 is 6.01 Å². The highest BCUT2D eigenvalue weighted by Gasteiger charge is 2.18. The van der Waals surface area contributed by atoms with E-state index >= 15 is 0 Å². The van der Waals surface area contributed by atoms with Crippen molar-refractivity contribution in [3.05, 3.63) is 21.4 Å². The fourth-order valence-corrected chi connectivity index (χ4v) is 3.28. The van der Waals surface area contributed by atoms with Crippen LogP contribution in [0.5, 0.6) is 6.01 Å². The summed E-state index contributed by atoms with van der Waals surface area (Å²) in [6.45, 7) is 6.55. The Morgan fingerprint density at radius 2 is 2.00 bits per heavy atom. The van der Waals surface area contributed by atoms with Crippen molar-refractivity contribution < 1.29 is 14.3 Å². The fraction of sp³-hybridized carbons (Fsp3) is 0.533. The van der Waals surface area contributed by atoms with Gasteiger partial charge in [-0.1, -0.05) is 0 Å². The summed E-state index contributed by atoms with van der Waals surface area (Å²) in [5, 5.41) is 3.69. The molecule has 10 heteroatoms. The summed E-state index contributed by atoms with van der Waals surface area (Å²) in [6.07, 6.45) is 0. The number of hydrogen-bond donors (Lipinski definition) is 1. The number of nitrogens with zero attached hydrogens (tertiary/aromatic N) is 5. The summed E-state index contributed by atoms with van der Waals surface area (Å²) in [6, 6.07) is 0.227. The van der Waals surface area contributed by atoms with Crippen LogP contribution in [0.15, 0.2) is 0 Å². The fourth-order valence-electron chi connectivity index (χ4n) is 2.44. The normalized spacial score (nSPS) is 14.4. The Kier molecular flexibility index (Phi) is 5.39. The first-order valence-corrected chi connectivity index (χ1v) is 8.72. The number of rotatable bonds is 5. The van der Waals surface area contributed by atoms with E-state index in [-0.39, 0.29) is 18.5 Å². The molecule has 25 heavy (non-hydrogen) atoms. The summed E-state index contributed by atoms with van der Waals surface area (Å²) in [4.78, 5) is 32.1. The first kappa shape index (κ1) is 17.5. The number of ether oxygens (including phenoxy) is 2. The molecule has 2 aromatic heterocycles. The first-order chi connectivity index (χ1) is 12.1. The molecule has 1 N–H and O–H groups in total. The van der Waals surface area contributed by atoms with Gasteiger partial charge in [0, 0.05) is 13.1 Å². The van der Waals surface area contributed by atoms with Gasteiger partial charge in [-0.15, -0.1) is 11.3 Å². The van der Waals surface area contributed by atoms with Crippen molar-refractivity contribution in [2.45, 2.75) is 20.4 Å². The summed E-state index contributed by atoms with van der Waals surface area (Å²) < 4.78 is 10.5. The molecule has 1 saturated heterocycles. The van der Waals surface area contributed by atoms with Gasteiger partial charge in [-0.2, -0.15) is 15.0 Å². The van der Waals surface area contributed by atoms with Crippen molar-refractivity contribution in [1.29, 1.82) is 0 Å². The first-order valence-electron chi connectivity index (χ1n) is 7.90. The van der Waals surface area contributed by atoms with Gasteiger partial charge < -0.3 is 19.7 Å². The number of aromatic nitrogens is 4. The molecule has 0 bridgehead atoms. The Labute approximate surface area is 149 Å². The topological polar surface area (TPSA) is 102 Å².